The van der Waals surface area contributed by atoms with Crippen LogP contribution in [0.1, 0.15) is 36.2 Å². The Hall–Kier alpha value is -1.87. The second-order valence-corrected chi connectivity index (χ2v) is 5.46. The molecule has 98 valence electrons. The molecule has 1 N–H and O–H groups in total. The van der Waals surface area contributed by atoms with Gasteiger partial charge in [0.05, 0.1) is 11.3 Å². The number of nitrogens with zero attached hydrogens (tertiary/aromatic N) is 1. The summed E-state index contributed by atoms with van der Waals surface area (Å²) in [5.74, 6) is 0.881. The van der Waals surface area contributed by atoms with Gasteiger partial charge in [-0.1, -0.05) is 12.1 Å². The minimum absolute atomic E-state index is 0.505. The number of hydrogen-bond acceptors (Lipinski definition) is 3. The van der Waals surface area contributed by atoms with E-state index in [9.17, 15) is 5.11 Å². The fraction of sp³-hybridized carbons (Fsp3) is 0.312. The first-order chi connectivity index (χ1) is 9.04. The van der Waals surface area contributed by atoms with Crippen LogP contribution in [0, 0.1) is 0 Å². The maximum atomic E-state index is 10.1. The zero-order chi connectivity index (χ0) is 13.5. The Kier molecular flexibility index (Phi) is 2.79. The molecule has 1 aromatic carbocycles. The fourth-order valence-electron chi connectivity index (χ4n) is 2.35. The number of rotatable bonds is 1. The van der Waals surface area contributed by atoms with Crippen molar-refractivity contribution in [1.82, 2.24) is 4.98 Å². The Morgan fingerprint density at radius 2 is 2.05 bits per heavy atom. The summed E-state index contributed by atoms with van der Waals surface area (Å²) < 4.78 is 5.80. The van der Waals surface area contributed by atoms with Crippen molar-refractivity contribution >= 4 is 0 Å². The van der Waals surface area contributed by atoms with Crippen LogP contribution in [-0.4, -0.2) is 10.1 Å². The molecule has 1 aliphatic rings. The highest BCUT2D eigenvalue weighted by molar-refractivity contribution is 5.44. The molecule has 2 heterocycles. The molecule has 0 atom stereocenters. The van der Waals surface area contributed by atoms with Gasteiger partial charge in [0.15, 0.2) is 0 Å². The summed E-state index contributed by atoms with van der Waals surface area (Å²) in [7, 11) is 0. The van der Waals surface area contributed by atoms with Crippen LogP contribution in [0.4, 0.5) is 0 Å². The number of aliphatic hydroxyl groups is 1. The molecule has 3 heteroatoms. The standard InChI is InChI=1S/C16H17NO2/c1-16(2,18)13-5-6-15-12(9-13)8-11-4-3-7-17-14(11)10-19-15/h3-7,9,18H,8,10H2,1-2H3. The van der Waals surface area contributed by atoms with Gasteiger partial charge in [-0.05, 0) is 48.7 Å². The van der Waals surface area contributed by atoms with Gasteiger partial charge >= 0.3 is 0 Å². The van der Waals surface area contributed by atoms with E-state index in [0.717, 1.165) is 29.0 Å². The van der Waals surface area contributed by atoms with Gasteiger partial charge in [-0.2, -0.15) is 0 Å². The molecular formula is C16H17NO2. The minimum Gasteiger partial charge on any atom is -0.487 e. The van der Waals surface area contributed by atoms with Crippen LogP contribution in [-0.2, 0) is 18.6 Å². The van der Waals surface area contributed by atoms with E-state index < -0.39 is 5.60 Å². The minimum atomic E-state index is -0.834. The monoisotopic (exact) mass is 255 g/mol. The second-order valence-electron chi connectivity index (χ2n) is 5.46. The van der Waals surface area contributed by atoms with E-state index >= 15 is 0 Å². The topological polar surface area (TPSA) is 42.4 Å². The van der Waals surface area contributed by atoms with E-state index in [0.29, 0.717) is 6.61 Å². The van der Waals surface area contributed by atoms with Crippen molar-refractivity contribution in [3.8, 4) is 5.75 Å². The lowest BCUT2D eigenvalue weighted by molar-refractivity contribution is 0.0784. The zero-order valence-electron chi connectivity index (χ0n) is 11.2. The van der Waals surface area contributed by atoms with Gasteiger partial charge in [0.2, 0.25) is 0 Å². The van der Waals surface area contributed by atoms with Crippen LogP contribution < -0.4 is 4.74 Å². The molecule has 1 aromatic heterocycles. The number of ether oxygens (including phenoxy) is 1. The molecule has 0 fully saturated rings. The Balaban J connectivity index is 2.05. The summed E-state index contributed by atoms with van der Waals surface area (Å²) in [6, 6.07) is 9.91. The van der Waals surface area contributed by atoms with Crippen molar-refractivity contribution in [3.63, 3.8) is 0 Å². The summed E-state index contributed by atoms with van der Waals surface area (Å²) in [4.78, 5) is 4.36. The molecule has 3 rings (SSSR count). The van der Waals surface area contributed by atoms with E-state index in [4.69, 9.17) is 4.74 Å². The van der Waals surface area contributed by atoms with E-state index in [-0.39, 0.29) is 0 Å². The number of pyridine rings is 1. The van der Waals surface area contributed by atoms with Gasteiger partial charge in [0, 0.05) is 12.6 Å². The SMILES string of the molecule is CC(C)(O)c1ccc2c(c1)Cc1cccnc1CO2. The van der Waals surface area contributed by atoms with Gasteiger partial charge in [-0.3, -0.25) is 4.98 Å². The molecule has 2 aromatic rings. The normalized spacial score (nSPS) is 14.1. The van der Waals surface area contributed by atoms with E-state index in [1.165, 1.54) is 5.56 Å². The van der Waals surface area contributed by atoms with Crippen molar-refractivity contribution in [2.75, 3.05) is 0 Å². The van der Waals surface area contributed by atoms with Crippen LogP contribution in [0.25, 0.3) is 0 Å². The predicted octanol–water partition coefficient (Wildman–Crippen LogP) is 2.79. The Morgan fingerprint density at radius 3 is 2.84 bits per heavy atom. The van der Waals surface area contributed by atoms with Gasteiger partial charge < -0.3 is 9.84 Å². The molecule has 3 nitrogen and oxygen atoms in total. The lowest BCUT2D eigenvalue weighted by Crippen LogP contribution is -2.15. The molecule has 0 unspecified atom stereocenters. The second kappa shape index (κ2) is 4.35. The van der Waals surface area contributed by atoms with Crippen LogP contribution in [0.2, 0.25) is 0 Å². The predicted molar refractivity (Wildman–Crippen MR) is 73.1 cm³/mol. The summed E-state index contributed by atoms with van der Waals surface area (Å²) in [6.07, 6.45) is 2.59. The summed E-state index contributed by atoms with van der Waals surface area (Å²) in [5.41, 5.74) is 3.35. The fourth-order valence-corrected chi connectivity index (χ4v) is 2.35. The Morgan fingerprint density at radius 1 is 1.21 bits per heavy atom. The van der Waals surface area contributed by atoms with E-state index in [2.05, 4.69) is 11.1 Å². The van der Waals surface area contributed by atoms with Crippen LogP contribution in [0.3, 0.4) is 0 Å². The third kappa shape index (κ3) is 2.34. The summed E-state index contributed by atoms with van der Waals surface area (Å²) in [6.45, 7) is 4.09. The molecule has 0 amide bonds. The van der Waals surface area contributed by atoms with Gasteiger partial charge in [0.25, 0.3) is 0 Å². The van der Waals surface area contributed by atoms with E-state index in [1.54, 1.807) is 20.0 Å². The maximum absolute atomic E-state index is 10.1. The van der Waals surface area contributed by atoms with Crippen LogP contribution in [0.15, 0.2) is 36.5 Å². The molecular weight excluding hydrogens is 238 g/mol. The highest BCUT2D eigenvalue weighted by Gasteiger charge is 2.20. The highest BCUT2D eigenvalue weighted by Crippen LogP contribution is 2.31. The van der Waals surface area contributed by atoms with E-state index in [1.807, 2.05) is 24.3 Å². The van der Waals surface area contributed by atoms with Gasteiger partial charge in [0.1, 0.15) is 12.4 Å². The molecule has 1 aliphatic heterocycles. The molecule has 0 radical (unpaired) electrons. The number of fused-ring (bicyclic) bond motifs is 2. The Labute approximate surface area is 112 Å². The first kappa shape index (κ1) is 12.2. The average molecular weight is 255 g/mol. The van der Waals surface area contributed by atoms with Gasteiger partial charge in [-0.15, -0.1) is 0 Å². The molecule has 0 aliphatic carbocycles. The lowest BCUT2D eigenvalue weighted by atomic mass is 9.94. The van der Waals surface area contributed by atoms with Crippen LogP contribution in [0.5, 0.6) is 5.75 Å². The average Bonchev–Trinajstić information content (AvgIpc) is 2.55. The smallest absolute Gasteiger partial charge is 0.130 e. The first-order valence-electron chi connectivity index (χ1n) is 6.45. The summed E-state index contributed by atoms with van der Waals surface area (Å²) >= 11 is 0. The number of aromatic nitrogens is 1. The third-order valence-electron chi connectivity index (χ3n) is 3.50. The quantitative estimate of drug-likeness (QED) is 0.852. The molecule has 0 saturated carbocycles. The van der Waals surface area contributed by atoms with Crippen molar-refractivity contribution < 1.29 is 9.84 Å². The van der Waals surface area contributed by atoms with Crippen molar-refractivity contribution in [1.29, 1.82) is 0 Å². The third-order valence-corrected chi connectivity index (χ3v) is 3.50. The number of benzene rings is 1. The van der Waals surface area contributed by atoms with Crippen molar-refractivity contribution in [2.45, 2.75) is 32.5 Å². The molecule has 0 bridgehead atoms. The van der Waals surface area contributed by atoms with Crippen molar-refractivity contribution in [3.05, 3.63) is 58.9 Å². The highest BCUT2D eigenvalue weighted by atomic mass is 16.5. The van der Waals surface area contributed by atoms with Crippen LogP contribution >= 0.6 is 0 Å². The summed E-state index contributed by atoms with van der Waals surface area (Å²) in [5, 5.41) is 10.1. The molecule has 0 spiro atoms. The first-order valence-corrected chi connectivity index (χ1v) is 6.45. The van der Waals surface area contributed by atoms with Gasteiger partial charge in [-0.25, -0.2) is 0 Å². The largest absolute Gasteiger partial charge is 0.487 e. The Bertz CT molecular complexity index is 614. The number of hydrogen-bond donors (Lipinski definition) is 1. The molecule has 0 saturated heterocycles. The lowest BCUT2D eigenvalue weighted by Gasteiger charge is -2.19. The maximum Gasteiger partial charge on any atom is 0.130 e. The van der Waals surface area contributed by atoms with Crippen molar-refractivity contribution in [2.24, 2.45) is 0 Å². The molecule has 19 heavy (non-hydrogen) atoms. The zero-order valence-corrected chi connectivity index (χ0v) is 11.2.